The molecule has 0 spiro atoms. The van der Waals surface area contributed by atoms with Gasteiger partial charge in [-0.25, -0.2) is 4.79 Å². The van der Waals surface area contributed by atoms with Gasteiger partial charge in [-0.1, -0.05) is 40.2 Å². The van der Waals surface area contributed by atoms with Crippen molar-refractivity contribution in [2.24, 2.45) is 0 Å². The van der Waals surface area contributed by atoms with Crippen LogP contribution in [0.1, 0.15) is 37.1 Å². The number of ether oxygens (including phenoxy) is 1. The van der Waals surface area contributed by atoms with Gasteiger partial charge in [-0.3, -0.25) is 9.80 Å². The SMILES string of the molecule is CN(C)C1C(Sc2ccc(Br)cc2)c2ccccc2CCN1C(=O)OC(C)(C)C. The van der Waals surface area contributed by atoms with Crippen LogP contribution in [0.3, 0.4) is 0 Å². The molecular weight excluding hydrogens is 448 g/mol. The maximum absolute atomic E-state index is 13.1. The van der Waals surface area contributed by atoms with Gasteiger partial charge >= 0.3 is 6.09 Å². The molecule has 1 aliphatic rings. The summed E-state index contributed by atoms with van der Waals surface area (Å²) in [6, 6.07) is 16.9. The Morgan fingerprint density at radius 3 is 2.41 bits per heavy atom. The lowest BCUT2D eigenvalue weighted by Gasteiger charge is -2.39. The second-order valence-electron chi connectivity index (χ2n) is 8.49. The molecule has 0 saturated heterocycles. The van der Waals surface area contributed by atoms with Gasteiger partial charge in [0, 0.05) is 15.9 Å². The van der Waals surface area contributed by atoms with Crippen molar-refractivity contribution in [2.45, 2.75) is 49.1 Å². The van der Waals surface area contributed by atoms with Gasteiger partial charge in [0.25, 0.3) is 0 Å². The highest BCUT2D eigenvalue weighted by Gasteiger charge is 2.39. The lowest BCUT2D eigenvalue weighted by molar-refractivity contribution is -0.00191. The molecule has 0 saturated carbocycles. The molecule has 1 heterocycles. The van der Waals surface area contributed by atoms with Gasteiger partial charge < -0.3 is 4.74 Å². The Morgan fingerprint density at radius 1 is 1.14 bits per heavy atom. The van der Waals surface area contributed by atoms with Crippen molar-refractivity contribution in [2.75, 3.05) is 20.6 Å². The Morgan fingerprint density at radius 2 is 1.79 bits per heavy atom. The average molecular weight is 477 g/mol. The summed E-state index contributed by atoms with van der Waals surface area (Å²) in [5.41, 5.74) is 2.05. The standard InChI is InChI=1S/C23H29BrN2O2S/c1-23(2,3)28-22(27)26-15-14-16-8-6-7-9-19(16)20(21(26)25(4)5)29-18-12-10-17(24)11-13-18/h6-13,20-21H,14-15H2,1-5H3. The van der Waals surface area contributed by atoms with Gasteiger partial charge in [0.1, 0.15) is 11.8 Å². The topological polar surface area (TPSA) is 32.8 Å². The van der Waals surface area contributed by atoms with E-state index in [9.17, 15) is 4.79 Å². The monoisotopic (exact) mass is 476 g/mol. The Hall–Kier alpha value is -1.50. The van der Waals surface area contributed by atoms with Crippen LogP contribution in [0.2, 0.25) is 0 Å². The molecule has 4 nitrogen and oxygen atoms in total. The van der Waals surface area contributed by atoms with Gasteiger partial charge in [0.15, 0.2) is 0 Å². The summed E-state index contributed by atoms with van der Waals surface area (Å²) < 4.78 is 6.83. The van der Waals surface area contributed by atoms with Crippen LogP contribution in [-0.4, -0.2) is 48.3 Å². The summed E-state index contributed by atoms with van der Waals surface area (Å²) in [5, 5.41) is 0.0670. The highest BCUT2D eigenvalue weighted by Crippen LogP contribution is 2.44. The van der Waals surface area contributed by atoms with E-state index in [0.29, 0.717) is 6.54 Å². The van der Waals surface area contributed by atoms with E-state index in [1.54, 1.807) is 11.8 Å². The largest absolute Gasteiger partial charge is 0.444 e. The number of hydrogen-bond donors (Lipinski definition) is 0. The molecule has 1 amide bonds. The van der Waals surface area contributed by atoms with Crippen molar-refractivity contribution in [3.63, 3.8) is 0 Å². The zero-order valence-electron chi connectivity index (χ0n) is 17.7. The van der Waals surface area contributed by atoms with Crippen molar-refractivity contribution >= 4 is 33.8 Å². The minimum absolute atomic E-state index is 0.0670. The van der Waals surface area contributed by atoms with E-state index < -0.39 is 5.60 Å². The molecule has 3 rings (SSSR count). The van der Waals surface area contributed by atoms with Crippen molar-refractivity contribution in [3.05, 3.63) is 64.1 Å². The maximum atomic E-state index is 13.1. The third-order valence-electron chi connectivity index (χ3n) is 4.81. The number of amides is 1. The molecule has 6 heteroatoms. The molecule has 0 radical (unpaired) electrons. The molecule has 156 valence electrons. The van der Waals surface area contributed by atoms with Crippen LogP contribution in [0.15, 0.2) is 57.9 Å². The van der Waals surface area contributed by atoms with Crippen LogP contribution in [0, 0.1) is 0 Å². The Balaban J connectivity index is 2.02. The summed E-state index contributed by atoms with van der Waals surface area (Å²) in [6.45, 7) is 6.37. The molecule has 29 heavy (non-hydrogen) atoms. The zero-order valence-corrected chi connectivity index (χ0v) is 20.1. The number of carbonyl (C=O) groups is 1. The first-order valence-corrected chi connectivity index (χ1v) is 11.5. The van der Waals surface area contributed by atoms with E-state index in [1.165, 1.54) is 16.0 Å². The fraction of sp³-hybridized carbons (Fsp3) is 0.435. The van der Waals surface area contributed by atoms with Crippen LogP contribution in [-0.2, 0) is 11.2 Å². The number of benzene rings is 2. The molecule has 2 unspecified atom stereocenters. The fourth-order valence-electron chi connectivity index (χ4n) is 3.59. The molecule has 0 aromatic heterocycles. The molecule has 0 bridgehead atoms. The maximum Gasteiger partial charge on any atom is 0.411 e. The molecule has 1 aliphatic heterocycles. The number of likely N-dealkylation sites (N-methyl/N-ethyl adjacent to an activating group) is 1. The van der Waals surface area contributed by atoms with E-state index in [1.807, 2.05) is 39.8 Å². The first-order chi connectivity index (χ1) is 13.7. The van der Waals surface area contributed by atoms with Gasteiger partial charge in [-0.15, -0.1) is 11.8 Å². The third-order valence-corrected chi connectivity index (χ3v) is 6.63. The van der Waals surface area contributed by atoms with Gasteiger partial charge in [-0.2, -0.15) is 0 Å². The van der Waals surface area contributed by atoms with Crippen LogP contribution in [0.4, 0.5) is 4.79 Å². The molecule has 2 atom stereocenters. The number of halogens is 1. The fourth-order valence-corrected chi connectivity index (χ4v) is 5.31. The second kappa shape index (κ2) is 9.11. The van der Waals surface area contributed by atoms with Gasteiger partial charge in [0.2, 0.25) is 0 Å². The van der Waals surface area contributed by atoms with E-state index >= 15 is 0 Å². The smallest absolute Gasteiger partial charge is 0.411 e. The van der Waals surface area contributed by atoms with Crippen LogP contribution >= 0.6 is 27.7 Å². The first-order valence-electron chi connectivity index (χ1n) is 9.82. The van der Waals surface area contributed by atoms with Crippen LogP contribution < -0.4 is 0 Å². The van der Waals surface area contributed by atoms with Crippen molar-refractivity contribution in [1.82, 2.24) is 9.80 Å². The van der Waals surface area contributed by atoms with Crippen LogP contribution in [0.5, 0.6) is 0 Å². The predicted octanol–water partition coefficient (Wildman–Crippen LogP) is 5.96. The summed E-state index contributed by atoms with van der Waals surface area (Å²) in [4.78, 5) is 18.3. The summed E-state index contributed by atoms with van der Waals surface area (Å²) in [5.74, 6) is 0. The summed E-state index contributed by atoms with van der Waals surface area (Å²) in [7, 11) is 4.07. The minimum atomic E-state index is -0.526. The van der Waals surface area contributed by atoms with E-state index in [0.717, 1.165) is 10.9 Å². The zero-order chi connectivity index (χ0) is 21.2. The molecule has 2 aromatic carbocycles. The first kappa shape index (κ1) is 22.2. The van der Waals surface area contributed by atoms with E-state index in [2.05, 4.69) is 69.4 Å². The number of hydrogen-bond acceptors (Lipinski definition) is 4. The summed E-state index contributed by atoms with van der Waals surface area (Å²) >= 11 is 5.31. The van der Waals surface area contributed by atoms with Gasteiger partial charge in [-0.05, 0) is 76.7 Å². The number of rotatable bonds is 3. The Kier molecular flexibility index (Phi) is 6.97. The van der Waals surface area contributed by atoms with Crippen molar-refractivity contribution in [1.29, 1.82) is 0 Å². The quantitative estimate of drug-likeness (QED) is 0.546. The lowest BCUT2D eigenvalue weighted by atomic mass is 10.0. The van der Waals surface area contributed by atoms with Gasteiger partial charge in [0.05, 0.1) is 5.25 Å². The molecular formula is C23H29BrN2O2S. The van der Waals surface area contributed by atoms with Crippen molar-refractivity contribution < 1.29 is 9.53 Å². The number of fused-ring (bicyclic) bond motifs is 1. The minimum Gasteiger partial charge on any atom is -0.444 e. The van der Waals surface area contributed by atoms with E-state index in [-0.39, 0.29) is 17.5 Å². The normalized spacial score (nSPS) is 19.6. The predicted molar refractivity (Wildman–Crippen MR) is 123 cm³/mol. The molecule has 0 aliphatic carbocycles. The second-order valence-corrected chi connectivity index (χ2v) is 10.6. The van der Waals surface area contributed by atoms with Crippen molar-refractivity contribution in [3.8, 4) is 0 Å². The molecule has 0 fully saturated rings. The van der Waals surface area contributed by atoms with E-state index in [4.69, 9.17) is 4.74 Å². The Bertz CT molecular complexity index is 849. The number of carbonyl (C=O) groups excluding carboxylic acids is 1. The number of nitrogens with zero attached hydrogens (tertiary/aromatic N) is 2. The average Bonchev–Trinajstić information content (AvgIpc) is 2.80. The summed E-state index contributed by atoms with van der Waals surface area (Å²) in [6.07, 6.45) is 0.435. The lowest BCUT2D eigenvalue weighted by Crippen LogP contribution is -2.51. The third kappa shape index (κ3) is 5.56. The number of thioether (sulfide) groups is 1. The highest BCUT2D eigenvalue weighted by atomic mass is 79.9. The molecule has 0 N–H and O–H groups in total. The Labute approximate surface area is 186 Å². The highest BCUT2D eigenvalue weighted by molar-refractivity contribution is 9.10. The molecule has 2 aromatic rings. The van der Waals surface area contributed by atoms with Crippen LogP contribution in [0.25, 0.3) is 0 Å².